The second-order valence-corrected chi connectivity index (χ2v) is 5.47. The number of amides is 1. The van der Waals surface area contributed by atoms with Gasteiger partial charge in [0, 0.05) is 0 Å². The molecule has 1 amide bonds. The minimum Gasteiger partial charge on any atom is -0.493 e. The number of hydrogen-bond donors (Lipinski definition) is 3. The summed E-state index contributed by atoms with van der Waals surface area (Å²) in [6.07, 6.45) is 1.26. The van der Waals surface area contributed by atoms with Crippen molar-refractivity contribution in [1.82, 2.24) is 15.4 Å². The average molecular weight is 381 g/mol. The number of rotatable bonds is 8. The van der Waals surface area contributed by atoms with E-state index in [2.05, 4.69) is 20.8 Å². The van der Waals surface area contributed by atoms with Crippen LogP contribution in [0.2, 0.25) is 0 Å². The number of anilines is 2. The molecule has 0 aliphatic heterocycles. The molecule has 0 aliphatic carbocycles. The summed E-state index contributed by atoms with van der Waals surface area (Å²) in [5.74, 6) is 1.47. The van der Waals surface area contributed by atoms with Gasteiger partial charge in [-0.05, 0) is 24.3 Å². The SMILES string of the molecule is COc1ccccc1Oc1ncnc(NNC(=O)COc2ccccc2)c1N. The topological polar surface area (TPSA) is 121 Å². The van der Waals surface area contributed by atoms with Crippen molar-refractivity contribution in [1.29, 1.82) is 0 Å². The van der Waals surface area contributed by atoms with Gasteiger partial charge in [0.1, 0.15) is 17.8 Å². The molecule has 0 saturated heterocycles. The van der Waals surface area contributed by atoms with E-state index in [4.69, 9.17) is 19.9 Å². The van der Waals surface area contributed by atoms with Crippen LogP contribution in [0, 0.1) is 0 Å². The lowest BCUT2D eigenvalue weighted by atomic mass is 10.3. The van der Waals surface area contributed by atoms with E-state index in [0.29, 0.717) is 17.2 Å². The first kappa shape index (κ1) is 18.8. The van der Waals surface area contributed by atoms with Gasteiger partial charge in [-0.15, -0.1) is 0 Å². The van der Waals surface area contributed by atoms with E-state index in [1.165, 1.54) is 13.4 Å². The molecular weight excluding hydrogens is 362 g/mol. The number of nitrogens with one attached hydrogen (secondary N) is 2. The molecule has 0 bridgehead atoms. The Morgan fingerprint density at radius 3 is 2.50 bits per heavy atom. The fraction of sp³-hybridized carbons (Fsp3) is 0.105. The van der Waals surface area contributed by atoms with Crippen LogP contribution in [0.3, 0.4) is 0 Å². The van der Waals surface area contributed by atoms with Gasteiger partial charge in [0.15, 0.2) is 23.9 Å². The number of benzene rings is 2. The Morgan fingerprint density at radius 2 is 1.75 bits per heavy atom. The van der Waals surface area contributed by atoms with Crippen molar-refractivity contribution < 1.29 is 19.0 Å². The summed E-state index contributed by atoms with van der Waals surface area (Å²) >= 11 is 0. The average Bonchev–Trinajstić information content (AvgIpc) is 2.74. The Hall–Kier alpha value is -4.01. The highest BCUT2D eigenvalue weighted by Gasteiger charge is 2.13. The van der Waals surface area contributed by atoms with Crippen LogP contribution < -0.4 is 30.8 Å². The van der Waals surface area contributed by atoms with Crippen molar-refractivity contribution >= 4 is 17.4 Å². The summed E-state index contributed by atoms with van der Waals surface area (Å²) in [4.78, 5) is 20.0. The largest absolute Gasteiger partial charge is 0.493 e. The van der Waals surface area contributed by atoms with Crippen molar-refractivity contribution in [2.24, 2.45) is 0 Å². The molecule has 1 heterocycles. The molecule has 1 aromatic heterocycles. The molecule has 0 saturated carbocycles. The van der Waals surface area contributed by atoms with Crippen LogP contribution in [0.5, 0.6) is 23.1 Å². The predicted molar refractivity (Wildman–Crippen MR) is 103 cm³/mol. The predicted octanol–water partition coefficient (Wildman–Crippen LogP) is 2.38. The molecule has 0 radical (unpaired) electrons. The third kappa shape index (κ3) is 4.79. The van der Waals surface area contributed by atoms with Crippen LogP contribution in [0.4, 0.5) is 11.5 Å². The molecule has 0 atom stereocenters. The number of carbonyl (C=O) groups is 1. The third-order valence-electron chi connectivity index (χ3n) is 3.56. The number of ether oxygens (including phenoxy) is 3. The van der Waals surface area contributed by atoms with Crippen molar-refractivity contribution in [2.45, 2.75) is 0 Å². The number of nitrogen functional groups attached to an aromatic ring is 1. The molecule has 144 valence electrons. The van der Waals surface area contributed by atoms with E-state index in [1.54, 1.807) is 30.3 Å². The maximum Gasteiger partial charge on any atom is 0.276 e. The molecule has 3 rings (SSSR count). The quantitative estimate of drug-likeness (QED) is 0.509. The Labute approximate surface area is 161 Å². The van der Waals surface area contributed by atoms with E-state index in [1.807, 2.05) is 24.3 Å². The van der Waals surface area contributed by atoms with Crippen LogP contribution in [0.1, 0.15) is 0 Å². The van der Waals surface area contributed by atoms with E-state index in [-0.39, 0.29) is 24.0 Å². The van der Waals surface area contributed by atoms with E-state index < -0.39 is 5.91 Å². The monoisotopic (exact) mass is 381 g/mol. The van der Waals surface area contributed by atoms with Crippen LogP contribution >= 0.6 is 0 Å². The number of hydrazine groups is 1. The first-order valence-electron chi connectivity index (χ1n) is 8.31. The second kappa shape index (κ2) is 9.08. The molecule has 4 N–H and O–H groups in total. The van der Waals surface area contributed by atoms with E-state index >= 15 is 0 Å². The van der Waals surface area contributed by atoms with Gasteiger partial charge >= 0.3 is 0 Å². The number of para-hydroxylation sites is 3. The van der Waals surface area contributed by atoms with Gasteiger partial charge in [0.25, 0.3) is 5.91 Å². The zero-order chi connectivity index (χ0) is 19.8. The lowest BCUT2D eigenvalue weighted by Crippen LogP contribution is -2.34. The van der Waals surface area contributed by atoms with Crippen LogP contribution in [0.25, 0.3) is 0 Å². The summed E-state index contributed by atoms with van der Waals surface area (Å²) < 4.78 is 16.3. The summed E-state index contributed by atoms with van der Waals surface area (Å²) in [5.41, 5.74) is 11.3. The van der Waals surface area contributed by atoms with Gasteiger partial charge in [-0.3, -0.25) is 15.6 Å². The fourth-order valence-electron chi connectivity index (χ4n) is 2.20. The maximum atomic E-state index is 11.9. The van der Waals surface area contributed by atoms with Gasteiger partial charge in [0.2, 0.25) is 5.88 Å². The number of nitrogens with zero attached hydrogens (tertiary/aromatic N) is 2. The zero-order valence-electron chi connectivity index (χ0n) is 15.1. The Bertz CT molecular complexity index is 937. The van der Waals surface area contributed by atoms with Crippen LogP contribution in [-0.2, 0) is 4.79 Å². The van der Waals surface area contributed by atoms with Crippen LogP contribution in [-0.4, -0.2) is 29.6 Å². The van der Waals surface area contributed by atoms with Crippen molar-refractivity contribution in [2.75, 3.05) is 24.9 Å². The molecule has 0 fully saturated rings. The maximum absolute atomic E-state index is 11.9. The molecule has 2 aromatic carbocycles. The van der Waals surface area contributed by atoms with Gasteiger partial charge in [0.05, 0.1) is 7.11 Å². The number of carbonyl (C=O) groups excluding carboxylic acids is 1. The Kier molecular flexibility index (Phi) is 6.09. The third-order valence-corrected chi connectivity index (χ3v) is 3.56. The summed E-state index contributed by atoms with van der Waals surface area (Å²) in [7, 11) is 1.53. The Morgan fingerprint density at radius 1 is 1.04 bits per heavy atom. The standard InChI is InChI=1S/C19H19N5O4/c1-26-14-9-5-6-10-15(14)28-19-17(20)18(21-12-22-19)24-23-16(25)11-27-13-7-3-2-4-8-13/h2-10,12H,11,20H2,1H3,(H,23,25)(H,21,22,24). The van der Waals surface area contributed by atoms with Crippen molar-refractivity contribution in [3.8, 4) is 23.1 Å². The lowest BCUT2D eigenvalue weighted by molar-refractivity contribution is -0.122. The minimum atomic E-state index is -0.408. The molecule has 0 spiro atoms. The summed E-state index contributed by atoms with van der Waals surface area (Å²) in [6.45, 7) is -0.174. The van der Waals surface area contributed by atoms with Gasteiger partial charge < -0.3 is 19.9 Å². The van der Waals surface area contributed by atoms with Gasteiger partial charge in [-0.2, -0.15) is 4.98 Å². The fourth-order valence-corrected chi connectivity index (χ4v) is 2.20. The summed E-state index contributed by atoms with van der Waals surface area (Å²) in [5, 5.41) is 0. The van der Waals surface area contributed by atoms with Crippen molar-refractivity contribution in [3.63, 3.8) is 0 Å². The zero-order valence-corrected chi connectivity index (χ0v) is 15.1. The van der Waals surface area contributed by atoms with E-state index in [0.717, 1.165) is 0 Å². The molecule has 0 aliphatic rings. The smallest absolute Gasteiger partial charge is 0.276 e. The first-order valence-corrected chi connectivity index (χ1v) is 8.31. The highest BCUT2D eigenvalue weighted by atomic mass is 16.5. The summed E-state index contributed by atoms with van der Waals surface area (Å²) in [6, 6.07) is 16.1. The molecule has 3 aromatic rings. The number of hydrogen-bond acceptors (Lipinski definition) is 8. The molecule has 9 heteroatoms. The van der Waals surface area contributed by atoms with Crippen LogP contribution in [0.15, 0.2) is 60.9 Å². The molecule has 0 unspecified atom stereocenters. The highest BCUT2D eigenvalue weighted by Crippen LogP contribution is 2.34. The number of aromatic nitrogens is 2. The molecular formula is C19H19N5O4. The minimum absolute atomic E-state index is 0.122. The normalized spacial score (nSPS) is 10.0. The van der Waals surface area contributed by atoms with Crippen molar-refractivity contribution in [3.05, 3.63) is 60.9 Å². The molecule has 9 nitrogen and oxygen atoms in total. The Balaban J connectivity index is 1.60. The van der Waals surface area contributed by atoms with Gasteiger partial charge in [-0.1, -0.05) is 30.3 Å². The lowest BCUT2D eigenvalue weighted by Gasteiger charge is -2.14. The second-order valence-electron chi connectivity index (χ2n) is 5.47. The number of nitrogens with two attached hydrogens (primary N) is 1. The molecule has 28 heavy (non-hydrogen) atoms. The number of methoxy groups -OCH3 is 1. The van der Waals surface area contributed by atoms with Gasteiger partial charge in [-0.25, -0.2) is 4.98 Å². The van der Waals surface area contributed by atoms with E-state index in [9.17, 15) is 4.79 Å². The first-order chi connectivity index (χ1) is 13.7. The highest BCUT2D eigenvalue weighted by molar-refractivity contribution is 5.80.